The summed E-state index contributed by atoms with van der Waals surface area (Å²) in [6.07, 6.45) is 9.19. The van der Waals surface area contributed by atoms with Gasteiger partial charge in [0.25, 0.3) is 5.91 Å². The molecule has 3 unspecified atom stereocenters. The van der Waals surface area contributed by atoms with Crippen LogP contribution >= 0.6 is 0 Å². The number of likely N-dealkylation sites (tertiary alicyclic amines) is 1. The minimum absolute atomic E-state index is 0.0643. The maximum Gasteiger partial charge on any atom is 0.252 e. The summed E-state index contributed by atoms with van der Waals surface area (Å²) in [6, 6.07) is 4.01. The van der Waals surface area contributed by atoms with Crippen LogP contribution in [0.4, 0.5) is 0 Å². The van der Waals surface area contributed by atoms with E-state index in [0.29, 0.717) is 5.92 Å². The van der Waals surface area contributed by atoms with Crippen LogP contribution in [0.15, 0.2) is 24.5 Å². The van der Waals surface area contributed by atoms with E-state index in [1.165, 1.54) is 6.42 Å². The maximum atomic E-state index is 12.8. The van der Waals surface area contributed by atoms with Crippen molar-refractivity contribution in [1.29, 1.82) is 0 Å². The van der Waals surface area contributed by atoms with E-state index in [0.717, 1.165) is 44.2 Å². The Morgan fingerprint density at radius 3 is 2.82 bits per heavy atom. The van der Waals surface area contributed by atoms with E-state index in [4.69, 9.17) is 0 Å². The van der Waals surface area contributed by atoms with Crippen LogP contribution in [-0.4, -0.2) is 33.5 Å². The van der Waals surface area contributed by atoms with Crippen molar-refractivity contribution >= 4 is 5.91 Å². The van der Waals surface area contributed by atoms with Gasteiger partial charge in [-0.3, -0.25) is 9.78 Å². The third kappa shape index (κ3) is 3.17. The fourth-order valence-corrected chi connectivity index (χ4v) is 4.00. The van der Waals surface area contributed by atoms with E-state index in [9.17, 15) is 9.90 Å². The van der Waals surface area contributed by atoms with Crippen LogP contribution in [0.2, 0.25) is 0 Å². The van der Waals surface area contributed by atoms with Gasteiger partial charge in [0.2, 0.25) is 0 Å². The number of hydrogen-bond donors (Lipinski definition) is 1. The van der Waals surface area contributed by atoms with Gasteiger partial charge in [0.15, 0.2) is 0 Å². The molecule has 1 saturated carbocycles. The van der Waals surface area contributed by atoms with E-state index in [1.807, 2.05) is 23.2 Å². The first-order chi connectivity index (χ1) is 10.7. The minimum Gasteiger partial charge on any atom is -0.383 e. The zero-order valence-electron chi connectivity index (χ0n) is 13.3. The van der Waals surface area contributed by atoms with Gasteiger partial charge in [0.05, 0.1) is 6.04 Å². The molecule has 0 radical (unpaired) electrons. The number of hydrogen-bond acceptors (Lipinski definition) is 3. The van der Waals surface area contributed by atoms with Crippen molar-refractivity contribution < 1.29 is 9.90 Å². The lowest BCUT2D eigenvalue weighted by molar-refractivity contribution is -0.144. The van der Waals surface area contributed by atoms with Gasteiger partial charge in [-0.1, -0.05) is 32.3 Å². The summed E-state index contributed by atoms with van der Waals surface area (Å²) in [7, 11) is 0. The standard InChI is InChI=1S/C18H26N2O2/c1-13-10-16(15-8-5-9-19-11-15)20(12-13)18(22)17(21)14-6-3-2-4-7-14/h5,8-9,11,13-14,16-17,21H,2-4,6-7,10,12H2,1H3. The molecule has 2 aliphatic rings. The highest BCUT2D eigenvalue weighted by molar-refractivity contribution is 5.81. The zero-order valence-corrected chi connectivity index (χ0v) is 13.3. The van der Waals surface area contributed by atoms with Crippen LogP contribution in [0.3, 0.4) is 0 Å². The van der Waals surface area contributed by atoms with Crippen LogP contribution in [0.1, 0.15) is 57.1 Å². The summed E-state index contributed by atoms with van der Waals surface area (Å²) < 4.78 is 0. The number of pyridine rings is 1. The van der Waals surface area contributed by atoms with Crippen LogP contribution in [0.25, 0.3) is 0 Å². The van der Waals surface area contributed by atoms with Gasteiger partial charge in [0, 0.05) is 18.9 Å². The number of rotatable bonds is 3. The monoisotopic (exact) mass is 302 g/mol. The number of carbonyl (C=O) groups excluding carboxylic acids is 1. The van der Waals surface area contributed by atoms with E-state index in [2.05, 4.69) is 11.9 Å². The third-order valence-electron chi connectivity index (χ3n) is 5.21. The second kappa shape index (κ2) is 6.78. The largest absolute Gasteiger partial charge is 0.383 e. The smallest absolute Gasteiger partial charge is 0.252 e. The SMILES string of the molecule is CC1CC(c2cccnc2)N(C(=O)C(O)C2CCCCC2)C1. The fourth-order valence-electron chi connectivity index (χ4n) is 4.00. The molecular weight excluding hydrogens is 276 g/mol. The molecule has 3 atom stereocenters. The normalized spacial score (nSPS) is 27.8. The summed E-state index contributed by atoms with van der Waals surface area (Å²) in [4.78, 5) is 18.9. The molecule has 1 saturated heterocycles. The number of amides is 1. The Morgan fingerprint density at radius 1 is 1.36 bits per heavy atom. The number of nitrogens with zero attached hydrogens (tertiary/aromatic N) is 2. The molecule has 120 valence electrons. The number of aliphatic hydroxyl groups excluding tert-OH is 1. The first-order valence-corrected chi connectivity index (χ1v) is 8.55. The maximum absolute atomic E-state index is 12.8. The van der Waals surface area contributed by atoms with E-state index in [-0.39, 0.29) is 17.9 Å². The van der Waals surface area contributed by atoms with Gasteiger partial charge in [-0.15, -0.1) is 0 Å². The minimum atomic E-state index is -0.829. The molecule has 1 aromatic rings. The molecule has 0 aromatic carbocycles. The number of carbonyl (C=O) groups is 1. The molecule has 1 aromatic heterocycles. The van der Waals surface area contributed by atoms with Gasteiger partial charge in [-0.2, -0.15) is 0 Å². The molecule has 2 heterocycles. The Labute approximate surface area is 132 Å². The van der Waals surface area contributed by atoms with Crippen molar-refractivity contribution in [1.82, 2.24) is 9.88 Å². The average molecular weight is 302 g/mol. The highest BCUT2D eigenvalue weighted by Gasteiger charge is 2.39. The highest BCUT2D eigenvalue weighted by atomic mass is 16.3. The number of aromatic nitrogens is 1. The molecule has 4 heteroatoms. The molecule has 0 spiro atoms. The highest BCUT2D eigenvalue weighted by Crippen LogP contribution is 2.37. The van der Waals surface area contributed by atoms with Crippen molar-refractivity contribution in [2.24, 2.45) is 11.8 Å². The molecule has 0 bridgehead atoms. The van der Waals surface area contributed by atoms with Crippen molar-refractivity contribution in [2.45, 2.75) is 57.6 Å². The molecule has 1 N–H and O–H groups in total. The summed E-state index contributed by atoms with van der Waals surface area (Å²) in [5.74, 6) is 0.532. The first-order valence-electron chi connectivity index (χ1n) is 8.55. The van der Waals surface area contributed by atoms with E-state index >= 15 is 0 Å². The molecule has 2 fully saturated rings. The topological polar surface area (TPSA) is 53.4 Å². The van der Waals surface area contributed by atoms with Gasteiger partial charge in [0.1, 0.15) is 6.10 Å². The molecule has 4 nitrogen and oxygen atoms in total. The van der Waals surface area contributed by atoms with Crippen molar-refractivity contribution in [3.05, 3.63) is 30.1 Å². The van der Waals surface area contributed by atoms with Crippen molar-refractivity contribution in [3.8, 4) is 0 Å². The molecule has 1 aliphatic carbocycles. The van der Waals surface area contributed by atoms with Crippen LogP contribution in [0, 0.1) is 11.8 Å². The Kier molecular flexibility index (Phi) is 4.77. The van der Waals surface area contributed by atoms with Gasteiger partial charge in [-0.05, 0) is 42.7 Å². The quantitative estimate of drug-likeness (QED) is 0.934. The third-order valence-corrected chi connectivity index (χ3v) is 5.21. The van der Waals surface area contributed by atoms with E-state index < -0.39 is 6.10 Å². The molecular formula is C18H26N2O2. The predicted octanol–water partition coefficient (Wildman–Crippen LogP) is 2.93. The zero-order chi connectivity index (χ0) is 15.5. The van der Waals surface area contributed by atoms with Crippen molar-refractivity contribution in [2.75, 3.05) is 6.54 Å². The summed E-state index contributed by atoms with van der Waals surface area (Å²) in [5, 5.41) is 10.5. The molecule has 1 aliphatic heterocycles. The second-order valence-corrected chi connectivity index (χ2v) is 6.98. The Morgan fingerprint density at radius 2 is 2.14 bits per heavy atom. The summed E-state index contributed by atoms with van der Waals surface area (Å²) in [5.41, 5.74) is 1.08. The van der Waals surface area contributed by atoms with Crippen LogP contribution in [-0.2, 0) is 4.79 Å². The summed E-state index contributed by atoms with van der Waals surface area (Å²) in [6.45, 7) is 2.91. The Hall–Kier alpha value is -1.42. The number of aliphatic hydroxyl groups is 1. The van der Waals surface area contributed by atoms with Gasteiger partial charge >= 0.3 is 0 Å². The van der Waals surface area contributed by atoms with Gasteiger partial charge < -0.3 is 10.0 Å². The Bertz CT molecular complexity index is 499. The van der Waals surface area contributed by atoms with Crippen LogP contribution in [0.5, 0.6) is 0 Å². The molecule has 1 amide bonds. The average Bonchev–Trinajstić information content (AvgIpc) is 2.97. The lowest BCUT2D eigenvalue weighted by Crippen LogP contribution is -2.43. The van der Waals surface area contributed by atoms with Crippen molar-refractivity contribution in [3.63, 3.8) is 0 Å². The second-order valence-electron chi connectivity index (χ2n) is 6.98. The Balaban J connectivity index is 1.74. The summed E-state index contributed by atoms with van der Waals surface area (Å²) >= 11 is 0. The predicted molar refractivity (Wildman–Crippen MR) is 85.1 cm³/mol. The molecule has 22 heavy (non-hydrogen) atoms. The molecule has 3 rings (SSSR count). The lowest BCUT2D eigenvalue weighted by Gasteiger charge is -2.32. The van der Waals surface area contributed by atoms with E-state index in [1.54, 1.807) is 6.20 Å². The fraction of sp³-hybridized carbons (Fsp3) is 0.667. The lowest BCUT2D eigenvalue weighted by atomic mass is 9.84. The van der Waals surface area contributed by atoms with Gasteiger partial charge in [-0.25, -0.2) is 0 Å². The van der Waals surface area contributed by atoms with Crippen LogP contribution < -0.4 is 0 Å². The first kappa shape index (κ1) is 15.5.